The number of alkyl halides is 1. The lowest BCUT2D eigenvalue weighted by Gasteiger charge is -2.34. The number of nitrogens with one attached hydrogen (secondary N) is 1. The molecule has 9 heteroatoms. The molecule has 4 unspecified atom stereocenters. The second kappa shape index (κ2) is 9.76. The first-order valence-corrected chi connectivity index (χ1v) is 13.1. The molecule has 1 aliphatic carbocycles. The van der Waals surface area contributed by atoms with Crippen molar-refractivity contribution in [3.63, 3.8) is 0 Å². The number of carbonyl (C=O) groups excluding carboxylic acids is 3. The van der Waals surface area contributed by atoms with Crippen molar-refractivity contribution in [3.8, 4) is 10.4 Å². The van der Waals surface area contributed by atoms with E-state index in [2.05, 4.69) is 10.3 Å². The Bertz CT molecular complexity index is 1100. The maximum Gasteiger partial charge on any atom is 0.262 e. The standard InChI is InChI=1S/C25H28ClN3O4S/c1-14-11-16(9-10-27-14)19-7-8-20(34-19)24(31)28-21(15-5-3-2-4-6-15)25(32)29-12-17(26)23-22(29)18(30)13-33-23/h7-11,15,17,21-23H,2-6,12-13H2,1H3,(H,28,31). The predicted molar refractivity (Wildman–Crippen MR) is 130 cm³/mol. The summed E-state index contributed by atoms with van der Waals surface area (Å²) in [5, 5.41) is 2.61. The zero-order valence-electron chi connectivity index (χ0n) is 19.0. The van der Waals surface area contributed by atoms with Crippen molar-refractivity contribution >= 4 is 40.5 Å². The van der Waals surface area contributed by atoms with Crippen LogP contribution in [-0.4, -0.2) is 64.2 Å². The Morgan fingerprint density at radius 1 is 1.24 bits per heavy atom. The topological polar surface area (TPSA) is 88.6 Å². The first kappa shape index (κ1) is 23.5. The van der Waals surface area contributed by atoms with Gasteiger partial charge in [0.15, 0.2) is 5.78 Å². The SMILES string of the molecule is Cc1cc(-c2ccc(C(=O)NC(C(=O)N3CC(Cl)C4OCC(=O)C43)C3CCCCC3)s2)ccn1. The van der Waals surface area contributed by atoms with Gasteiger partial charge in [0.25, 0.3) is 5.91 Å². The third-order valence-corrected chi connectivity index (χ3v) is 8.61. The number of carbonyl (C=O) groups is 3. The molecule has 2 aliphatic heterocycles. The van der Waals surface area contributed by atoms with Crippen LogP contribution in [-0.2, 0) is 14.3 Å². The van der Waals surface area contributed by atoms with Gasteiger partial charge in [0.05, 0.1) is 10.3 Å². The third kappa shape index (κ3) is 4.51. The minimum Gasteiger partial charge on any atom is -0.366 e. The number of likely N-dealkylation sites (tertiary alicyclic amines) is 1. The molecule has 0 spiro atoms. The van der Waals surface area contributed by atoms with Crippen LogP contribution in [0.15, 0.2) is 30.5 Å². The van der Waals surface area contributed by atoms with Crippen LogP contribution in [0.25, 0.3) is 10.4 Å². The number of thiophene rings is 1. The number of rotatable bonds is 5. The summed E-state index contributed by atoms with van der Waals surface area (Å²) in [6.45, 7) is 2.17. The Morgan fingerprint density at radius 3 is 2.79 bits per heavy atom. The molecular weight excluding hydrogens is 474 g/mol. The minimum absolute atomic E-state index is 0.0186. The molecule has 0 bridgehead atoms. The minimum atomic E-state index is -0.683. The van der Waals surface area contributed by atoms with E-state index in [0.717, 1.165) is 48.2 Å². The van der Waals surface area contributed by atoms with E-state index in [1.807, 2.05) is 25.1 Å². The van der Waals surface area contributed by atoms with Crippen molar-refractivity contribution in [2.45, 2.75) is 62.6 Å². The molecule has 7 nitrogen and oxygen atoms in total. The molecule has 1 saturated carbocycles. The van der Waals surface area contributed by atoms with Gasteiger partial charge in [-0.2, -0.15) is 0 Å². The molecule has 34 heavy (non-hydrogen) atoms. The Labute approximate surface area is 207 Å². The van der Waals surface area contributed by atoms with Gasteiger partial charge in [-0.1, -0.05) is 19.3 Å². The summed E-state index contributed by atoms with van der Waals surface area (Å²) in [6.07, 6.45) is 6.23. The smallest absolute Gasteiger partial charge is 0.262 e. The van der Waals surface area contributed by atoms with Crippen molar-refractivity contribution in [2.24, 2.45) is 5.92 Å². The quantitative estimate of drug-likeness (QED) is 0.632. The summed E-state index contributed by atoms with van der Waals surface area (Å²) in [7, 11) is 0. The average molecular weight is 502 g/mol. The number of nitrogens with zero attached hydrogens (tertiary/aromatic N) is 2. The highest BCUT2D eigenvalue weighted by atomic mass is 35.5. The molecular formula is C25H28ClN3O4S. The zero-order valence-corrected chi connectivity index (χ0v) is 20.6. The summed E-state index contributed by atoms with van der Waals surface area (Å²) in [4.78, 5) is 46.8. The zero-order chi connectivity index (χ0) is 23.8. The predicted octanol–water partition coefficient (Wildman–Crippen LogP) is 3.58. The van der Waals surface area contributed by atoms with Crippen molar-refractivity contribution in [1.82, 2.24) is 15.2 Å². The highest BCUT2D eigenvalue weighted by Gasteiger charge is 2.53. The molecule has 4 atom stereocenters. The summed E-state index contributed by atoms with van der Waals surface area (Å²) in [5.74, 6) is -0.569. The largest absolute Gasteiger partial charge is 0.366 e. The molecule has 2 aromatic rings. The van der Waals surface area contributed by atoms with Crippen LogP contribution in [0.5, 0.6) is 0 Å². The molecule has 3 aliphatic rings. The van der Waals surface area contributed by atoms with Crippen LogP contribution in [0.2, 0.25) is 0 Å². The molecule has 2 saturated heterocycles. The maximum absolute atomic E-state index is 13.8. The van der Waals surface area contributed by atoms with Crippen molar-refractivity contribution in [2.75, 3.05) is 13.2 Å². The highest BCUT2D eigenvalue weighted by molar-refractivity contribution is 7.17. The van der Waals surface area contributed by atoms with Crippen LogP contribution in [0, 0.1) is 12.8 Å². The lowest BCUT2D eigenvalue weighted by Crippen LogP contribution is -2.55. The van der Waals surface area contributed by atoms with Gasteiger partial charge >= 0.3 is 0 Å². The number of Topliss-reactive ketones (excluding diaryl/α,β-unsaturated/α-hetero) is 1. The van der Waals surface area contributed by atoms with Crippen LogP contribution in [0.3, 0.4) is 0 Å². The first-order chi connectivity index (χ1) is 16.4. The van der Waals surface area contributed by atoms with Gasteiger partial charge in [0.1, 0.15) is 24.8 Å². The molecule has 2 amide bonds. The molecule has 3 fully saturated rings. The van der Waals surface area contributed by atoms with Gasteiger partial charge in [-0.15, -0.1) is 22.9 Å². The third-order valence-electron chi connectivity index (χ3n) is 7.09. The van der Waals surface area contributed by atoms with Crippen LogP contribution >= 0.6 is 22.9 Å². The summed E-state index contributed by atoms with van der Waals surface area (Å²) >= 11 is 7.81. The van der Waals surface area contributed by atoms with Gasteiger partial charge in [0, 0.05) is 23.3 Å². The van der Waals surface area contributed by atoms with Crippen molar-refractivity contribution in [3.05, 3.63) is 41.0 Å². The number of ketones is 1. The van der Waals surface area contributed by atoms with Crippen LogP contribution in [0.1, 0.15) is 47.5 Å². The fourth-order valence-electron chi connectivity index (χ4n) is 5.38. The lowest BCUT2D eigenvalue weighted by molar-refractivity contribution is -0.139. The van der Waals surface area contributed by atoms with E-state index in [4.69, 9.17) is 16.3 Å². The number of aromatic nitrogens is 1. The summed E-state index contributed by atoms with van der Waals surface area (Å²) in [5.41, 5.74) is 1.92. The molecule has 0 radical (unpaired) electrons. The molecule has 4 heterocycles. The van der Waals surface area contributed by atoms with Crippen LogP contribution in [0.4, 0.5) is 0 Å². The Kier molecular flexibility index (Phi) is 6.73. The fraction of sp³-hybridized carbons (Fsp3) is 0.520. The molecule has 1 N–H and O–H groups in total. The van der Waals surface area contributed by atoms with E-state index in [0.29, 0.717) is 4.88 Å². The molecule has 5 rings (SSSR count). The van der Waals surface area contributed by atoms with Crippen molar-refractivity contribution < 1.29 is 19.1 Å². The lowest BCUT2D eigenvalue weighted by atomic mass is 9.83. The number of halogens is 1. The Balaban J connectivity index is 1.37. The monoisotopic (exact) mass is 501 g/mol. The number of aryl methyl sites for hydroxylation is 1. The van der Waals surface area contributed by atoms with E-state index in [9.17, 15) is 14.4 Å². The normalized spacial score (nSPS) is 25.9. The maximum atomic E-state index is 13.8. The van der Waals surface area contributed by atoms with Crippen LogP contribution < -0.4 is 5.32 Å². The van der Waals surface area contributed by atoms with Crippen molar-refractivity contribution in [1.29, 1.82) is 0 Å². The highest BCUT2D eigenvalue weighted by Crippen LogP contribution is 2.34. The number of hydrogen-bond donors (Lipinski definition) is 1. The van der Waals surface area contributed by atoms with E-state index in [-0.39, 0.29) is 36.7 Å². The molecule has 2 aromatic heterocycles. The number of pyridine rings is 1. The number of amides is 2. The first-order valence-electron chi connectivity index (χ1n) is 11.8. The van der Waals surface area contributed by atoms with E-state index in [1.54, 1.807) is 17.2 Å². The molecule has 0 aromatic carbocycles. The van der Waals surface area contributed by atoms with Gasteiger partial charge in [-0.3, -0.25) is 19.4 Å². The average Bonchev–Trinajstić information content (AvgIpc) is 3.56. The van der Waals surface area contributed by atoms with E-state index in [1.165, 1.54) is 11.3 Å². The Hall–Kier alpha value is -2.29. The molecule has 180 valence electrons. The fourth-order valence-corrected chi connectivity index (χ4v) is 6.64. The van der Waals surface area contributed by atoms with Gasteiger partial charge < -0.3 is 15.0 Å². The second-order valence-electron chi connectivity index (χ2n) is 9.39. The summed E-state index contributed by atoms with van der Waals surface area (Å²) in [6, 6.07) is 6.28. The van der Waals surface area contributed by atoms with Gasteiger partial charge in [-0.25, -0.2) is 0 Å². The van der Waals surface area contributed by atoms with Gasteiger partial charge in [-0.05, 0) is 55.5 Å². The van der Waals surface area contributed by atoms with E-state index < -0.39 is 23.6 Å². The number of ether oxygens (including phenoxy) is 1. The number of fused-ring (bicyclic) bond motifs is 1. The second-order valence-corrected chi connectivity index (χ2v) is 11.0. The summed E-state index contributed by atoms with van der Waals surface area (Å²) < 4.78 is 5.55. The van der Waals surface area contributed by atoms with Gasteiger partial charge in [0.2, 0.25) is 5.91 Å². The Morgan fingerprint density at radius 2 is 2.03 bits per heavy atom. The van der Waals surface area contributed by atoms with E-state index >= 15 is 0 Å². The number of hydrogen-bond acceptors (Lipinski definition) is 6.